The molecule has 0 bridgehead atoms. The molecule has 11 nitrogen and oxygen atoms in total. The summed E-state index contributed by atoms with van der Waals surface area (Å²) in [7, 11) is -3.96. The number of nitrogens with zero attached hydrogens (tertiary/aromatic N) is 4. The Balaban J connectivity index is 1.46. The van der Waals surface area contributed by atoms with E-state index in [1.54, 1.807) is 6.07 Å². The number of aliphatic hydroxyl groups is 2. The van der Waals surface area contributed by atoms with Gasteiger partial charge in [0, 0.05) is 17.5 Å². The lowest BCUT2D eigenvalue weighted by Crippen LogP contribution is -2.39. The van der Waals surface area contributed by atoms with Crippen molar-refractivity contribution in [3.63, 3.8) is 0 Å². The Morgan fingerprint density at radius 3 is 2.77 bits per heavy atom. The topological polar surface area (TPSA) is 165 Å². The third kappa shape index (κ3) is 4.26. The first-order chi connectivity index (χ1) is 14.8. The Kier molecular flexibility index (Phi) is 5.68. The zero-order valence-electron chi connectivity index (χ0n) is 15.9. The standard InChI is InChI=1S/C18H19FN6O5S/c19-11-4-2-1-3-10(11)5-6-31(28,29)24-7-12-14(26)15(27)18(30-12)25-9-23-13-16(20)21-8-22-17(13)25/h1-6,8-9,12,14-15,18,24,26-27H,7H2,(H2,20,21,22)/b6-5+/t12-,14-,15-,18-/m1/s1. The maximum atomic E-state index is 13.6. The van der Waals surface area contributed by atoms with Crippen molar-refractivity contribution >= 4 is 33.1 Å². The zero-order chi connectivity index (χ0) is 22.2. The van der Waals surface area contributed by atoms with Gasteiger partial charge in [-0.3, -0.25) is 4.57 Å². The largest absolute Gasteiger partial charge is 0.387 e. The van der Waals surface area contributed by atoms with Crippen LogP contribution in [0.3, 0.4) is 0 Å². The van der Waals surface area contributed by atoms with Gasteiger partial charge in [0.1, 0.15) is 36.0 Å². The molecule has 4 rings (SSSR count). The fraction of sp³-hybridized carbons (Fsp3) is 0.278. The van der Waals surface area contributed by atoms with Crippen molar-refractivity contribution in [1.82, 2.24) is 24.2 Å². The molecule has 0 unspecified atom stereocenters. The minimum atomic E-state index is -3.96. The molecule has 164 valence electrons. The minimum absolute atomic E-state index is 0.105. The van der Waals surface area contributed by atoms with Crippen LogP contribution in [0.1, 0.15) is 11.8 Å². The van der Waals surface area contributed by atoms with E-state index in [9.17, 15) is 23.0 Å². The number of hydrogen-bond acceptors (Lipinski definition) is 9. The van der Waals surface area contributed by atoms with Gasteiger partial charge in [0.2, 0.25) is 10.0 Å². The van der Waals surface area contributed by atoms with Crippen molar-refractivity contribution in [3.8, 4) is 0 Å². The molecule has 1 saturated heterocycles. The molecule has 31 heavy (non-hydrogen) atoms. The Hall–Kier alpha value is -2.97. The molecule has 1 fully saturated rings. The van der Waals surface area contributed by atoms with Gasteiger partial charge >= 0.3 is 0 Å². The molecule has 0 spiro atoms. The second kappa shape index (κ2) is 8.28. The van der Waals surface area contributed by atoms with E-state index in [1.165, 1.54) is 35.4 Å². The molecule has 0 radical (unpaired) electrons. The number of anilines is 1. The van der Waals surface area contributed by atoms with Gasteiger partial charge < -0.3 is 20.7 Å². The highest BCUT2D eigenvalue weighted by atomic mass is 32.2. The Labute approximate surface area is 176 Å². The summed E-state index contributed by atoms with van der Waals surface area (Å²) in [5.74, 6) is -0.422. The van der Waals surface area contributed by atoms with Crippen LogP contribution in [0.2, 0.25) is 0 Å². The number of fused-ring (bicyclic) bond motifs is 1. The highest BCUT2D eigenvalue weighted by Crippen LogP contribution is 2.31. The monoisotopic (exact) mass is 450 g/mol. The molecule has 0 saturated carbocycles. The van der Waals surface area contributed by atoms with Crippen molar-refractivity contribution in [3.05, 3.63) is 53.7 Å². The van der Waals surface area contributed by atoms with Crippen molar-refractivity contribution in [2.24, 2.45) is 0 Å². The molecule has 0 amide bonds. The molecule has 1 aliphatic heterocycles. The van der Waals surface area contributed by atoms with E-state index in [-0.39, 0.29) is 23.6 Å². The molecular weight excluding hydrogens is 431 g/mol. The molecule has 4 atom stereocenters. The zero-order valence-corrected chi connectivity index (χ0v) is 16.7. The van der Waals surface area contributed by atoms with Gasteiger partial charge in [0.05, 0.1) is 6.33 Å². The van der Waals surface area contributed by atoms with Crippen LogP contribution in [-0.2, 0) is 14.8 Å². The van der Waals surface area contributed by atoms with Crippen LogP contribution in [0.5, 0.6) is 0 Å². The van der Waals surface area contributed by atoms with Crippen LogP contribution < -0.4 is 10.5 Å². The maximum Gasteiger partial charge on any atom is 0.233 e. The number of nitrogens with one attached hydrogen (secondary N) is 1. The van der Waals surface area contributed by atoms with Gasteiger partial charge in [-0.25, -0.2) is 32.5 Å². The van der Waals surface area contributed by atoms with Gasteiger partial charge in [-0.15, -0.1) is 0 Å². The van der Waals surface area contributed by atoms with Crippen molar-refractivity contribution in [1.29, 1.82) is 0 Å². The number of ether oxygens (including phenoxy) is 1. The molecule has 2 aromatic heterocycles. The summed E-state index contributed by atoms with van der Waals surface area (Å²) in [4.78, 5) is 12.0. The molecule has 5 N–H and O–H groups in total. The molecule has 3 heterocycles. The second-order valence-corrected chi connectivity index (χ2v) is 8.50. The Bertz CT molecular complexity index is 1230. The van der Waals surface area contributed by atoms with Crippen LogP contribution >= 0.6 is 0 Å². The first-order valence-electron chi connectivity index (χ1n) is 9.14. The van der Waals surface area contributed by atoms with Gasteiger partial charge in [0.25, 0.3) is 0 Å². The number of nitrogen functional groups attached to an aromatic ring is 1. The van der Waals surface area contributed by atoms with Crippen LogP contribution in [0, 0.1) is 5.82 Å². The predicted octanol–water partition coefficient (Wildman–Crippen LogP) is -0.243. The summed E-state index contributed by atoms with van der Waals surface area (Å²) >= 11 is 0. The predicted molar refractivity (Wildman–Crippen MR) is 108 cm³/mol. The first-order valence-corrected chi connectivity index (χ1v) is 10.7. The number of aromatic nitrogens is 4. The van der Waals surface area contributed by atoms with Gasteiger partial charge in [-0.2, -0.15) is 0 Å². The minimum Gasteiger partial charge on any atom is -0.387 e. The summed E-state index contributed by atoms with van der Waals surface area (Å²) in [6.45, 7) is -0.331. The molecule has 1 aromatic carbocycles. The molecule has 13 heteroatoms. The smallest absolute Gasteiger partial charge is 0.233 e. The van der Waals surface area contributed by atoms with Crippen LogP contribution in [0.15, 0.2) is 42.3 Å². The highest BCUT2D eigenvalue weighted by Gasteiger charge is 2.44. The SMILES string of the molecule is Nc1ncnc2c1ncn2[C@@H]1O[C@H](CNS(=O)(=O)/C=C/c2ccccc2F)[C@@H](O)[C@H]1O. The third-order valence-corrected chi connectivity index (χ3v) is 5.88. The first kappa shape index (κ1) is 21.3. The number of rotatable bonds is 6. The van der Waals surface area contributed by atoms with E-state index in [0.29, 0.717) is 5.52 Å². The summed E-state index contributed by atoms with van der Waals surface area (Å²) in [6.07, 6.45) is -1.23. The van der Waals surface area contributed by atoms with E-state index in [1.807, 2.05) is 0 Å². The average Bonchev–Trinajstić information content (AvgIpc) is 3.29. The number of aliphatic hydroxyl groups excluding tert-OH is 2. The number of halogens is 1. The molecular formula is C18H19FN6O5S. The van der Waals surface area contributed by atoms with E-state index < -0.39 is 40.4 Å². The lowest BCUT2D eigenvalue weighted by Gasteiger charge is -2.16. The van der Waals surface area contributed by atoms with Gasteiger partial charge in [-0.1, -0.05) is 18.2 Å². The lowest BCUT2D eigenvalue weighted by molar-refractivity contribution is -0.0329. The molecule has 1 aliphatic rings. The van der Waals surface area contributed by atoms with E-state index in [2.05, 4.69) is 19.7 Å². The summed E-state index contributed by atoms with van der Waals surface area (Å²) in [5.41, 5.74) is 6.44. The number of sulfonamides is 1. The number of benzene rings is 1. The van der Waals surface area contributed by atoms with E-state index in [4.69, 9.17) is 10.5 Å². The van der Waals surface area contributed by atoms with Crippen molar-refractivity contribution < 1.29 is 27.8 Å². The fourth-order valence-corrected chi connectivity index (χ4v) is 4.02. The average molecular weight is 450 g/mol. The Morgan fingerprint density at radius 1 is 1.23 bits per heavy atom. The summed E-state index contributed by atoms with van der Waals surface area (Å²) in [5, 5.41) is 21.5. The van der Waals surface area contributed by atoms with Crippen LogP contribution in [-0.4, -0.2) is 63.0 Å². The van der Waals surface area contributed by atoms with Crippen LogP contribution in [0.4, 0.5) is 10.2 Å². The third-order valence-electron chi connectivity index (χ3n) is 4.82. The fourth-order valence-electron chi connectivity index (χ4n) is 3.20. The van der Waals surface area contributed by atoms with E-state index in [0.717, 1.165) is 11.5 Å². The summed E-state index contributed by atoms with van der Waals surface area (Å²) < 4.78 is 47.4. The summed E-state index contributed by atoms with van der Waals surface area (Å²) in [6, 6.07) is 5.70. The van der Waals surface area contributed by atoms with Crippen molar-refractivity contribution in [2.45, 2.75) is 24.5 Å². The number of hydrogen-bond donors (Lipinski definition) is 4. The van der Waals surface area contributed by atoms with E-state index >= 15 is 0 Å². The lowest BCUT2D eigenvalue weighted by atomic mass is 10.1. The number of imidazole rings is 1. The second-order valence-electron chi connectivity index (χ2n) is 6.85. The molecule has 3 aromatic rings. The van der Waals surface area contributed by atoms with Crippen molar-refractivity contribution in [2.75, 3.05) is 12.3 Å². The Morgan fingerprint density at radius 2 is 2.00 bits per heavy atom. The highest BCUT2D eigenvalue weighted by molar-refractivity contribution is 7.92. The van der Waals surface area contributed by atoms with Gasteiger partial charge in [0.15, 0.2) is 17.7 Å². The van der Waals surface area contributed by atoms with Gasteiger partial charge in [-0.05, 0) is 12.1 Å². The van der Waals surface area contributed by atoms with Crippen LogP contribution in [0.25, 0.3) is 17.2 Å². The number of nitrogens with two attached hydrogens (primary N) is 1. The quantitative estimate of drug-likeness (QED) is 0.396. The molecule has 0 aliphatic carbocycles. The maximum absolute atomic E-state index is 13.6. The normalized spacial score (nSPS) is 24.4.